The van der Waals surface area contributed by atoms with Crippen LogP contribution in [0.2, 0.25) is 5.32 Å². The summed E-state index contributed by atoms with van der Waals surface area (Å²) in [6.45, 7) is 0.888. The average molecular weight is 311 g/mol. The van der Waals surface area contributed by atoms with Crippen molar-refractivity contribution in [3.63, 3.8) is 0 Å². The van der Waals surface area contributed by atoms with Gasteiger partial charge in [0.25, 0.3) is 0 Å². The summed E-state index contributed by atoms with van der Waals surface area (Å²) in [5.74, 6) is 0.00811. The van der Waals surface area contributed by atoms with Crippen LogP contribution in [0.1, 0.15) is 6.42 Å². The Hall–Kier alpha value is -1.16. The summed E-state index contributed by atoms with van der Waals surface area (Å²) in [4.78, 5) is 18.3. The fourth-order valence-electron chi connectivity index (χ4n) is 1.70. The first-order valence-electron chi connectivity index (χ1n) is 5.87. The van der Waals surface area contributed by atoms with E-state index in [0.29, 0.717) is 0 Å². The second kappa shape index (κ2) is 6.69. The first-order chi connectivity index (χ1) is 8.81. The average Bonchev–Trinajstić information content (AvgIpc) is 2.41. The zero-order chi connectivity index (χ0) is 12.8. The van der Waals surface area contributed by atoms with E-state index in [1.165, 1.54) is 0 Å². The van der Waals surface area contributed by atoms with Gasteiger partial charge in [0.15, 0.2) is 0 Å². The number of rotatable bonds is 3. The number of amidine groups is 1. The van der Waals surface area contributed by atoms with Gasteiger partial charge in [0.2, 0.25) is 0 Å². The van der Waals surface area contributed by atoms with Crippen LogP contribution >= 0.6 is 0 Å². The van der Waals surface area contributed by atoms with Crippen molar-refractivity contribution in [2.24, 2.45) is 4.99 Å². The number of carbonyl (C=O) groups excluding carboxylic acids is 1. The molecule has 4 nitrogen and oxygen atoms in total. The molecule has 0 aromatic heterocycles. The first kappa shape index (κ1) is 13.3. The van der Waals surface area contributed by atoms with E-state index in [9.17, 15) is 4.79 Å². The number of para-hydroxylation sites is 1. The zero-order valence-corrected chi connectivity index (χ0v) is 12.0. The van der Waals surface area contributed by atoms with E-state index in [2.05, 4.69) is 4.99 Å². The van der Waals surface area contributed by atoms with E-state index >= 15 is 0 Å². The van der Waals surface area contributed by atoms with Crippen LogP contribution in [-0.2, 0) is 9.53 Å². The van der Waals surface area contributed by atoms with E-state index in [0.717, 1.165) is 28.7 Å². The molecule has 1 aliphatic heterocycles. The molecule has 0 aliphatic carbocycles. The molecule has 1 aliphatic rings. The molecule has 0 atom stereocenters. The third kappa shape index (κ3) is 3.42. The molecule has 1 aromatic carbocycles. The summed E-state index contributed by atoms with van der Waals surface area (Å²) in [6, 6.07) is 9.78. The van der Waals surface area contributed by atoms with Gasteiger partial charge in [0, 0.05) is 0 Å². The van der Waals surface area contributed by atoms with Gasteiger partial charge < -0.3 is 0 Å². The van der Waals surface area contributed by atoms with Crippen LogP contribution < -0.4 is 0 Å². The number of methoxy groups -OCH3 is 1. The number of ether oxygens (including phenoxy) is 1. The first-order valence-corrected chi connectivity index (χ1v) is 7.94. The summed E-state index contributed by atoms with van der Waals surface area (Å²) in [6.07, 6.45) is 1.06. The second-order valence-electron chi connectivity index (χ2n) is 3.91. The molecule has 2 rings (SSSR count). The molecule has 0 bridgehead atoms. The number of hydrogen-bond acceptors (Lipinski definition) is 3. The minimum atomic E-state index is 0.00811. The van der Waals surface area contributed by atoms with Crippen molar-refractivity contribution in [3.8, 4) is 0 Å². The molecule has 0 radical (unpaired) electrons. The van der Waals surface area contributed by atoms with Gasteiger partial charge in [-0.2, -0.15) is 0 Å². The molecule has 5 heteroatoms. The van der Waals surface area contributed by atoms with Crippen LogP contribution in [0.5, 0.6) is 0 Å². The predicted molar refractivity (Wildman–Crippen MR) is 72.3 cm³/mol. The fourth-order valence-corrected chi connectivity index (χ4v) is 3.74. The van der Waals surface area contributed by atoms with Gasteiger partial charge in [-0.25, -0.2) is 0 Å². The van der Waals surface area contributed by atoms with Gasteiger partial charge in [-0.3, -0.25) is 0 Å². The number of carbonyl (C=O) groups is 1. The number of nitrogens with zero attached hydrogens (tertiary/aromatic N) is 2. The van der Waals surface area contributed by atoms with Gasteiger partial charge in [-0.05, 0) is 0 Å². The van der Waals surface area contributed by atoms with Crippen molar-refractivity contribution in [3.05, 3.63) is 30.3 Å². The fraction of sp³-hybridized carbons (Fsp3) is 0.385. The van der Waals surface area contributed by atoms with Crippen molar-refractivity contribution in [1.29, 1.82) is 0 Å². The Bertz CT molecular complexity index is 434. The summed E-state index contributed by atoms with van der Waals surface area (Å²) in [5, 5.41) is 1.15. The quantitative estimate of drug-likeness (QED) is 0.797. The zero-order valence-electron chi connectivity index (χ0n) is 10.3. The van der Waals surface area contributed by atoms with Crippen LogP contribution in [0.3, 0.4) is 0 Å². The normalized spacial score (nSPS) is 18.1. The molecule has 0 N–H and O–H groups in total. The Morgan fingerprint density at radius 3 is 2.94 bits per heavy atom. The maximum atomic E-state index is 11.9. The molecule has 1 saturated heterocycles. The number of hydrogen-bond donors (Lipinski definition) is 0. The minimum absolute atomic E-state index is 0.00811. The van der Waals surface area contributed by atoms with Gasteiger partial charge in [0.1, 0.15) is 0 Å². The Morgan fingerprint density at radius 1 is 1.44 bits per heavy atom. The van der Waals surface area contributed by atoms with Crippen molar-refractivity contribution in [1.82, 2.24) is 4.90 Å². The summed E-state index contributed by atoms with van der Waals surface area (Å²) in [5.41, 5.74) is 0.909. The number of amides is 1. The molecule has 1 amide bonds. The molecule has 18 heavy (non-hydrogen) atoms. The number of benzene rings is 1. The number of aliphatic imine (C=N–C) groups is 1. The molecular formula is C13H16N2O2Se. The Labute approximate surface area is 113 Å². The standard InChI is InChI=1S/C13H16N2O2Se/c1-17-10-12(16)15-8-5-9-18-13(15)14-11-6-3-2-4-7-11/h2-4,6-7H,5,8-10H2,1H3. The summed E-state index contributed by atoms with van der Waals surface area (Å²) >= 11 is 0.275. The molecule has 1 heterocycles. The van der Waals surface area contributed by atoms with Gasteiger partial charge in [-0.1, -0.05) is 0 Å². The van der Waals surface area contributed by atoms with E-state index in [-0.39, 0.29) is 27.5 Å². The Kier molecular flexibility index (Phi) is 4.93. The third-order valence-electron chi connectivity index (χ3n) is 2.54. The molecule has 96 valence electrons. The third-order valence-corrected chi connectivity index (χ3v) is 4.77. The van der Waals surface area contributed by atoms with Crippen molar-refractivity contribution >= 4 is 31.3 Å². The van der Waals surface area contributed by atoms with Crippen molar-refractivity contribution in [2.45, 2.75) is 11.7 Å². The van der Waals surface area contributed by atoms with Crippen LogP contribution in [0, 0.1) is 0 Å². The van der Waals surface area contributed by atoms with Crippen LogP contribution in [0.4, 0.5) is 5.69 Å². The van der Waals surface area contributed by atoms with Crippen LogP contribution in [0.15, 0.2) is 35.3 Å². The predicted octanol–water partition coefficient (Wildman–Crippen LogP) is 1.68. The molecule has 0 spiro atoms. The Morgan fingerprint density at radius 2 is 2.22 bits per heavy atom. The van der Waals surface area contributed by atoms with E-state index < -0.39 is 0 Å². The topological polar surface area (TPSA) is 41.9 Å². The molecule has 1 aromatic rings. The van der Waals surface area contributed by atoms with Crippen molar-refractivity contribution in [2.75, 3.05) is 20.3 Å². The molecule has 1 fully saturated rings. The van der Waals surface area contributed by atoms with Crippen molar-refractivity contribution < 1.29 is 9.53 Å². The van der Waals surface area contributed by atoms with Gasteiger partial charge in [0.05, 0.1) is 0 Å². The van der Waals surface area contributed by atoms with Crippen LogP contribution in [-0.4, -0.2) is 50.8 Å². The SMILES string of the molecule is COCC(=O)N1CCC[Se]C1=Nc1ccccc1. The second-order valence-corrected chi connectivity index (χ2v) is 6.14. The van der Waals surface area contributed by atoms with Gasteiger partial charge >= 0.3 is 113 Å². The molecular weight excluding hydrogens is 295 g/mol. The molecule has 0 unspecified atom stereocenters. The van der Waals surface area contributed by atoms with E-state index in [1.54, 1.807) is 12.0 Å². The monoisotopic (exact) mass is 312 g/mol. The maximum absolute atomic E-state index is 11.9. The van der Waals surface area contributed by atoms with E-state index in [4.69, 9.17) is 4.74 Å². The summed E-state index contributed by atoms with van der Waals surface area (Å²) < 4.78 is 5.83. The van der Waals surface area contributed by atoms with Gasteiger partial charge in [-0.15, -0.1) is 0 Å². The van der Waals surface area contributed by atoms with E-state index in [1.807, 2.05) is 30.3 Å². The Balaban J connectivity index is 2.17. The van der Waals surface area contributed by atoms with Crippen LogP contribution in [0.25, 0.3) is 0 Å². The summed E-state index contributed by atoms with van der Waals surface area (Å²) in [7, 11) is 1.54. The molecule has 0 saturated carbocycles.